The molecule has 0 radical (unpaired) electrons. The molecular weight excluding hydrogens is 244 g/mol. The van der Waals surface area contributed by atoms with Gasteiger partial charge in [-0.15, -0.1) is 4.98 Å². The molecule has 1 N–H and O–H groups in total. The fourth-order valence-electron chi connectivity index (χ4n) is 1.77. The van der Waals surface area contributed by atoms with Crippen molar-refractivity contribution in [2.75, 3.05) is 20.8 Å². The lowest BCUT2D eigenvalue weighted by Crippen LogP contribution is -2.42. The molecule has 1 unspecified atom stereocenters. The second-order valence-electron chi connectivity index (χ2n) is 5.41. The molecule has 6 heteroatoms. The van der Waals surface area contributed by atoms with Crippen LogP contribution in [0.3, 0.4) is 0 Å². The second kappa shape index (κ2) is 6.65. The van der Waals surface area contributed by atoms with E-state index in [0.29, 0.717) is 12.2 Å². The molecule has 0 aromatic carbocycles. The highest BCUT2D eigenvalue weighted by atomic mass is 16.5. The molecule has 1 aromatic heterocycles. The molecule has 1 aromatic rings. The molecule has 0 fully saturated rings. The SMILES string of the molecule is CCNC(Cc1nc(OC)nc(OC)n1)C(C)(C)C. The zero-order valence-corrected chi connectivity index (χ0v) is 12.6. The van der Waals surface area contributed by atoms with Crippen molar-refractivity contribution in [3.8, 4) is 12.0 Å². The van der Waals surface area contributed by atoms with Crippen LogP contribution in [-0.4, -0.2) is 41.8 Å². The van der Waals surface area contributed by atoms with Gasteiger partial charge in [0.15, 0.2) is 0 Å². The minimum atomic E-state index is 0.114. The minimum absolute atomic E-state index is 0.114. The van der Waals surface area contributed by atoms with Crippen molar-refractivity contribution in [2.45, 2.75) is 40.2 Å². The Morgan fingerprint density at radius 3 is 1.95 bits per heavy atom. The molecule has 0 bridgehead atoms. The van der Waals surface area contributed by atoms with Crippen molar-refractivity contribution in [3.05, 3.63) is 5.82 Å². The molecular formula is C13H24N4O2. The Kier molecular flexibility index (Phi) is 5.47. The maximum atomic E-state index is 5.06. The van der Waals surface area contributed by atoms with Gasteiger partial charge in [-0.05, 0) is 12.0 Å². The summed E-state index contributed by atoms with van der Waals surface area (Å²) in [6, 6.07) is 0.839. The van der Waals surface area contributed by atoms with Crippen LogP contribution in [0.2, 0.25) is 0 Å². The Bertz CT molecular complexity index is 382. The van der Waals surface area contributed by atoms with Crippen LogP contribution in [0.25, 0.3) is 0 Å². The highest BCUT2D eigenvalue weighted by molar-refractivity contribution is 5.07. The van der Waals surface area contributed by atoms with Gasteiger partial charge in [-0.3, -0.25) is 0 Å². The van der Waals surface area contributed by atoms with E-state index in [2.05, 4.69) is 48.0 Å². The normalized spacial score (nSPS) is 13.2. The van der Waals surface area contributed by atoms with E-state index in [4.69, 9.17) is 9.47 Å². The Morgan fingerprint density at radius 2 is 1.58 bits per heavy atom. The van der Waals surface area contributed by atoms with Crippen LogP contribution in [-0.2, 0) is 6.42 Å². The van der Waals surface area contributed by atoms with E-state index in [1.54, 1.807) is 0 Å². The van der Waals surface area contributed by atoms with E-state index < -0.39 is 0 Å². The van der Waals surface area contributed by atoms with Gasteiger partial charge in [0, 0.05) is 12.5 Å². The third-order valence-electron chi connectivity index (χ3n) is 2.89. The van der Waals surface area contributed by atoms with Crippen molar-refractivity contribution in [1.82, 2.24) is 20.3 Å². The smallest absolute Gasteiger partial charge is 0.322 e. The van der Waals surface area contributed by atoms with Gasteiger partial charge in [-0.25, -0.2) is 0 Å². The molecule has 108 valence electrons. The molecule has 0 aliphatic carbocycles. The third-order valence-corrected chi connectivity index (χ3v) is 2.89. The first-order valence-electron chi connectivity index (χ1n) is 6.47. The van der Waals surface area contributed by atoms with Crippen molar-refractivity contribution < 1.29 is 9.47 Å². The van der Waals surface area contributed by atoms with Crippen molar-refractivity contribution in [2.24, 2.45) is 5.41 Å². The van der Waals surface area contributed by atoms with Gasteiger partial charge in [-0.2, -0.15) is 9.97 Å². The zero-order chi connectivity index (χ0) is 14.5. The first kappa shape index (κ1) is 15.6. The largest absolute Gasteiger partial charge is 0.467 e. The number of hydrogen-bond donors (Lipinski definition) is 1. The number of aromatic nitrogens is 3. The fraction of sp³-hybridized carbons (Fsp3) is 0.769. The molecule has 19 heavy (non-hydrogen) atoms. The number of methoxy groups -OCH3 is 2. The Morgan fingerprint density at radius 1 is 1.05 bits per heavy atom. The van der Waals surface area contributed by atoms with E-state index in [1.165, 1.54) is 14.2 Å². The molecule has 0 saturated heterocycles. The number of nitrogens with zero attached hydrogens (tertiary/aromatic N) is 3. The zero-order valence-electron chi connectivity index (χ0n) is 12.6. The van der Waals surface area contributed by atoms with E-state index in [1.807, 2.05) is 0 Å². The Balaban J connectivity index is 2.95. The van der Waals surface area contributed by atoms with Crippen LogP contribution in [0.5, 0.6) is 12.0 Å². The summed E-state index contributed by atoms with van der Waals surface area (Å²) in [5, 5.41) is 3.46. The van der Waals surface area contributed by atoms with Crippen LogP contribution in [0, 0.1) is 5.41 Å². The van der Waals surface area contributed by atoms with Crippen LogP contribution in [0.1, 0.15) is 33.5 Å². The molecule has 1 atom stereocenters. The summed E-state index contributed by atoms with van der Waals surface area (Å²) >= 11 is 0. The predicted octanol–water partition coefficient (Wildman–Crippen LogP) is 1.46. The van der Waals surface area contributed by atoms with Crippen molar-refractivity contribution in [3.63, 3.8) is 0 Å². The van der Waals surface area contributed by atoms with Gasteiger partial charge in [0.05, 0.1) is 14.2 Å². The fourth-order valence-corrected chi connectivity index (χ4v) is 1.77. The van der Waals surface area contributed by atoms with Gasteiger partial charge in [0.2, 0.25) is 0 Å². The molecule has 1 rings (SSSR count). The van der Waals surface area contributed by atoms with E-state index in [9.17, 15) is 0 Å². The summed E-state index contributed by atoms with van der Waals surface area (Å²) in [6.07, 6.45) is 0.701. The summed E-state index contributed by atoms with van der Waals surface area (Å²) in [5.74, 6) is 0.671. The molecule has 0 spiro atoms. The lowest BCUT2D eigenvalue weighted by molar-refractivity contribution is 0.263. The summed E-state index contributed by atoms with van der Waals surface area (Å²) < 4.78 is 10.1. The van der Waals surface area contributed by atoms with Crippen LogP contribution < -0.4 is 14.8 Å². The number of ether oxygens (including phenoxy) is 2. The van der Waals surface area contributed by atoms with Crippen LogP contribution in [0.4, 0.5) is 0 Å². The van der Waals surface area contributed by atoms with Gasteiger partial charge < -0.3 is 14.8 Å². The standard InChI is InChI=1S/C13H24N4O2/c1-7-14-9(13(2,3)4)8-10-15-11(18-5)17-12(16-10)19-6/h9,14H,7-8H2,1-6H3. The van der Waals surface area contributed by atoms with Crippen molar-refractivity contribution >= 4 is 0 Å². The van der Waals surface area contributed by atoms with Gasteiger partial charge >= 0.3 is 12.0 Å². The van der Waals surface area contributed by atoms with Crippen molar-refractivity contribution in [1.29, 1.82) is 0 Å². The molecule has 0 amide bonds. The topological polar surface area (TPSA) is 69.2 Å². The monoisotopic (exact) mass is 268 g/mol. The van der Waals surface area contributed by atoms with E-state index in [-0.39, 0.29) is 23.5 Å². The lowest BCUT2D eigenvalue weighted by Gasteiger charge is -2.30. The van der Waals surface area contributed by atoms with Gasteiger partial charge in [0.1, 0.15) is 5.82 Å². The average molecular weight is 268 g/mol. The molecule has 1 heterocycles. The van der Waals surface area contributed by atoms with Crippen LogP contribution in [0.15, 0.2) is 0 Å². The van der Waals surface area contributed by atoms with E-state index >= 15 is 0 Å². The first-order valence-corrected chi connectivity index (χ1v) is 6.47. The van der Waals surface area contributed by atoms with Gasteiger partial charge in [-0.1, -0.05) is 27.7 Å². The van der Waals surface area contributed by atoms with E-state index in [0.717, 1.165) is 6.54 Å². The molecule has 6 nitrogen and oxygen atoms in total. The maximum absolute atomic E-state index is 5.06. The molecule has 0 aliphatic heterocycles. The van der Waals surface area contributed by atoms with Gasteiger partial charge in [0.25, 0.3) is 0 Å². The summed E-state index contributed by atoms with van der Waals surface area (Å²) in [6.45, 7) is 9.57. The first-order chi connectivity index (χ1) is 8.90. The summed E-state index contributed by atoms with van der Waals surface area (Å²) in [4.78, 5) is 12.5. The van der Waals surface area contributed by atoms with Crippen LogP contribution >= 0.6 is 0 Å². The quantitative estimate of drug-likeness (QED) is 0.842. The Hall–Kier alpha value is -1.43. The lowest BCUT2D eigenvalue weighted by atomic mass is 9.84. The summed E-state index contributed by atoms with van der Waals surface area (Å²) in [7, 11) is 3.06. The third kappa shape index (κ3) is 4.63. The number of likely N-dealkylation sites (N-methyl/N-ethyl adjacent to an activating group) is 1. The minimum Gasteiger partial charge on any atom is -0.467 e. The number of rotatable bonds is 6. The average Bonchev–Trinajstić information content (AvgIpc) is 2.36. The highest BCUT2D eigenvalue weighted by Crippen LogP contribution is 2.22. The predicted molar refractivity (Wildman–Crippen MR) is 73.6 cm³/mol. The molecule has 0 aliphatic rings. The molecule has 0 saturated carbocycles. The Labute approximate surface area is 115 Å². The second-order valence-corrected chi connectivity index (χ2v) is 5.41. The summed E-state index contributed by atoms with van der Waals surface area (Å²) in [5.41, 5.74) is 0.114. The number of nitrogens with one attached hydrogen (secondary N) is 1. The maximum Gasteiger partial charge on any atom is 0.322 e. The number of hydrogen-bond acceptors (Lipinski definition) is 6. The highest BCUT2D eigenvalue weighted by Gasteiger charge is 2.25.